The first-order chi connectivity index (χ1) is 14.5. The second-order valence-corrected chi connectivity index (χ2v) is 6.20. The Kier molecular flexibility index (Phi) is 12.1. The van der Waals surface area contributed by atoms with Crippen LogP contribution in [0.5, 0.6) is 0 Å². The summed E-state index contributed by atoms with van der Waals surface area (Å²) in [6, 6.07) is 0. The van der Waals surface area contributed by atoms with Crippen molar-refractivity contribution in [1.29, 1.82) is 0 Å². The molecule has 31 heavy (non-hydrogen) atoms. The highest BCUT2D eigenvalue weighted by molar-refractivity contribution is 5.92. The maximum absolute atomic E-state index is 11.2. The third-order valence-electron chi connectivity index (χ3n) is 3.69. The molecular weight excluding hydrogens is 416 g/mol. The zero-order valence-corrected chi connectivity index (χ0v) is 16.2. The van der Waals surface area contributed by atoms with Crippen LogP contribution in [0.15, 0.2) is 60.4 Å². The minimum atomic E-state index is -1.47. The fraction of sp³-hybridized carbons (Fsp3) is 0.250. The van der Waals surface area contributed by atoms with Gasteiger partial charge in [0.2, 0.25) is 0 Å². The van der Waals surface area contributed by atoms with Crippen LogP contribution in [-0.2, 0) is 28.7 Å². The van der Waals surface area contributed by atoms with Crippen LogP contribution in [0.25, 0.3) is 0 Å². The number of carboxylic acid groups (broad SMARTS) is 5. The normalized spacial score (nSPS) is 14.3. The predicted octanol–water partition coefficient (Wildman–Crippen LogP) is 1.69. The fourth-order valence-electron chi connectivity index (χ4n) is 2.29. The van der Waals surface area contributed by atoms with Crippen LogP contribution in [0.1, 0.15) is 19.3 Å². The highest BCUT2D eigenvalue weighted by atomic mass is 16.5. The summed E-state index contributed by atoms with van der Waals surface area (Å²) in [4.78, 5) is 54.0. The van der Waals surface area contributed by atoms with Crippen molar-refractivity contribution in [2.45, 2.75) is 19.3 Å². The largest absolute Gasteiger partial charge is 0.500 e. The number of hydrogen-bond donors (Lipinski definition) is 5. The van der Waals surface area contributed by atoms with Crippen LogP contribution in [0.2, 0.25) is 0 Å². The van der Waals surface area contributed by atoms with Gasteiger partial charge in [0.25, 0.3) is 0 Å². The topological polar surface area (TPSA) is 196 Å². The number of ether oxygens (including phenoxy) is 1. The van der Waals surface area contributed by atoms with Gasteiger partial charge in [-0.25, -0.2) is 24.0 Å². The quantitative estimate of drug-likeness (QED) is 0.142. The van der Waals surface area contributed by atoms with Crippen molar-refractivity contribution >= 4 is 29.8 Å². The van der Waals surface area contributed by atoms with Crippen molar-refractivity contribution in [3.63, 3.8) is 0 Å². The molecule has 0 unspecified atom stereocenters. The average Bonchev–Trinajstić information content (AvgIpc) is 2.63. The fourth-order valence-corrected chi connectivity index (χ4v) is 2.29. The lowest BCUT2D eigenvalue weighted by atomic mass is 9.78. The summed E-state index contributed by atoms with van der Waals surface area (Å²) in [5.74, 6) is -6.54. The maximum Gasteiger partial charge on any atom is 0.338 e. The number of aliphatic carboxylic acids is 5. The van der Waals surface area contributed by atoms with E-state index in [-0.39, 0.29) is 25.9 Å². The SMILES string of the molecule is O=C(O)C=CCC(CC=CC(=O)O)(CC=CC(=O)O)COC=C(C=CC(=O)O)C(=O)O. The lowest BCUT2D eigenvalue weighted by Gasteiger charge is -2.30. The summed E-state index contributed by atoms with van der Waals surface area (Å²) < 4.78 is 5.30. The lowest BCUT2D eigenvalue weighted by Crippen LogP contribution is -2.25. The Hall–Kier alpha value is -4.15. The molecule has 0 aliphatic carbocycles. The predicted molar refractivity (Wildman–Crippen MR) is 105 cm³/mol. The Morgan fingerprint density at radius 2 is 1.00 bits per heavy atom. The molecule has 0 saturated heterocycles. The number of hydrogen-bond acceptors (Lipinski definition) is 6. The second kappa shape index (κ2) is 13.9. The van der Waals surface area contributed by atoms with Gasteiger partial charge in [0.05, 0.1) is 18.4 Å². The molecule has 0 aromatic rings. The van der Waals surface area contributed by atoms with E-state index in [1.165, 1.54) is 18.2 Å². The van der Waals surface area contributed by atoms with E-state index in [1.807, 2.05) is 0 Å². The molecule has 0 aliphatic heterocycles. The molecule has 5 N–H and O–H groups in total. The third-order valence-corrected chi connectivity index (χ3v) is 3.69. The number of rotatable bonds is 15. The smallest absolute Gasteiger partial charge is 0.338 e. The van der Waals surface area contributed by atoms with Crippen LogP contribution >= 0.6 is 0 Å². The van der Waals surface area contributed by atoms with Crippen molar-refractivity contribution in [1.82, 2.24) is 0 Å². The highest BCUT2D eigenvalue weighted by Crippen LogP contribution is 2.33. The van der Waals surface area contributed by atoms with E-state index >= 15 is 0 Å². The van der Waals surface area contributed by atoms with Crippen LogP contribution < -0.4 is 0 Å². The lowest BCUT2D eigenvalue weighted by molar-refractivity contribution is -0.133. The zero-order chi connectivity index (χ0) is 23.9. The van der Waals surface area contributed by atoms with Crippen molar-refractivity contribution < 1.29 is 54.2 Å². The molecule has 0 bridgehead atoms. The minimum Gasteiger partial charge on any atom is -0.500 e. The van der Waals surface area contributed by atoms with Gasteiger partial charge in [0.15, 0.2) is 0 Å². The summed E-state index contributed by atoms with van der Waals surface area (Å²) in [6.07, 6.45) is 8.64. The van der Waals surface area contributed by atoms with Crippen LogP contribution in [0.3, 0.4) is 0 Å². The number of carbonyl (C=O) groups is 5. The first kappa shape index (κ1) is 26.9. The monoisotopic (exact) mass is 438 g/mol. The van der Waals surface area contributed by atoms with E-state index in [0.717, 1.165) is 30.6 Å². The summed E-state index contributed by atoms with van der Waals surface area (Å²) in [5, 5.41) is 44.1. The molecule has 0 atom stereocenters. The molecule has 0 amide bonds. The van der Waals surface area contributed by atoms with Gasteiger partial charge in [0, 0.05) is 29.7 Å². The number of carboxylic acids is 5. The van der Waals surface area contributed by atoms with Gasteiger partial charge in [-0.3, -0.25) is 0 Å². The molecule has 0 spiro atoms. The van der Waals surface area contributed by atoms with Gasteiger partial charge in [-0.2, -0.15) is 0 Å². The Labute approximate surface area is 176 Å². The first-order valence-corrected chi connectivity index (χ1v) is 8.62. The van der Waals surface area contributed by atoms with E-state index in [9.17, 15) is 24.0 Å². The van der Waals surface area contributed by atoms with E-state index in [0.29, 0.717) is 6.08 Å². The van der Waals surface area contributed by atoms with Gasteiger partial charge < -0.3 is 30.3 Å². The van der Waals surface area contributed by atoms with Gasteiger partial charge in [0.1, 0.15) is 0 Å². The number of allylic oxidation sites excluding steroid dienone is 3. The van der Waals surface area contributed by atoms with Crippen molar-refractivity contribution in [2.24, 2.45) is 5.41 Å². The van der Waals surface area contributed by atoms with Crippen molar-refractivity contribution in [3.05, 3.63) is 60.4 Å². The molecule has 0 fully saturated rings. The Morgan fingerprint density at radius 3 is 1.32 bits per heavy atom. The molecule has 0 heterocycles. The first-order valence-electron chi connectivity index (χ1n) is 8.62. The van der Waals surface area contributed by atoms with Crippen molar-refractivity contribution in [2.75, 3.05) is 6.61 Å². The van der Waals surface area contributed by atoms with E-state index < -0.39 is 40.8 Å². The molecule has 11 heteroatoms. The molecule has 0 aromatic carbocycles. The summed E-state index contributed by atoms with van der Waals surface area (Å²) in [7, 11) is 0. The molecule has 0 radical (unpaired) electrons. The van der Waals surface area contributed by atoms with E-state index in [2.05, 4.69) is 0 Å². The zero-order valence-electron chi connectivity index (χ0n) is 16.2. The molecule has 0 rings (SSSR count). The van der Waals surface area contributed by atoms with Gasteiger partial charge in [-0.15, -0.1) is 0 Å². The van der Waals surface area contributed by atoms with Crippen LogP contribution in [-0.4, -0.2) is 62.0 Å². The van der Waals surface area contributed by atoms with Gasteiger partial charge in [-0.05, 0) is 25.3 Å². The standard InChI is InChI=1S/C20H22O11/c21-15(22)4-1-9-20(10-2-5-16(23)24,11-3-6-17(25)26)13-31-12-14(19(29)30)7-8-18(27)28/h1-8,12H,9-11,13H2,(H,21,22)(H,23,24)(H,25,26)(H,27,28)(H,29,30). The Balaban J connectivity index is 5.86. The molecular formula is C20H22O11. The molecule has 0 aromatic heterocycles. The summed E-state index contributed by atoms with van der Waals surface area (Å²) >= 11 is 0. The van der Waals surface area contributed by atoms with E-state index in [1.54, 1.807) is 0 Å². The van der Waals surface area contributed by atoms with Gasteiger partial charge in [-0.1, -0.05) is 18.2 Å². The summed E-state index contributed by atoms with van der Waals surface area (Å²) in [5.41, 5.74) is -1.51. The Morgan fingerprint density at radius 1 is 0.613 bits per heavy atom. The highest BCUT2D eigenvalue weighted by Gasteiger charge is 2.28. The maximum atomic E-state index is 11.2. The van der Waals surface area contributed by atoms with Crippen LogP contribution in [0, 0.1) is 5.41 Å². The third kappa shape index (κ3) is 13.6. The van der Waals surface area contributed by atoms with Crippen molar-refractivity contribution in [3.8, 4) is 0 Å². The van der Waals surface area contributed by atoms with E-state index in [4.69, 9.17) is 30.3 Å². The molecule has 11 nitrogen and oxygen atoms in total. The Bertz CT molecular complexity index is 763. The molecule has 0 aliphatic rings. The summed E-state index contributed by atoms with van der Waals surface area (Å²) in [6.45, 7) is -0.261. The van der Waals surface area contributed by atoms with Gasteiger partial charge >= 0.3 is 29.8 Å². The average molecular weight is 438 g/mol. The van der Waals surface area contributed by atoms with Crippen LogP contribution in [0.4, 0.5) is 0 Å². The minimum absolute atomic E-state index is 0.0223. The molecule has 0 saturated carbocycles. The second-order valence-electron chi connectivity index (χ2n) is 6.20. The molecule has 168 valence electrons.